The first-order chi connectivity index (χ1) is 5.60. The van der Waals surface area contributed by atoms with Crippen molar-refractivity contribution in [2.24, 2.45) is 5.92 Å². The van der Waals surface area contributed by atoms with Crippen molar-refractivity contribution < 1.29 is 1.43 Å². The van der Waals surface area contributed by atoms with Crippen LogP contribution in [0.15, 0.2) is 0 Å². The van der Waals surface area contributed by atoms with E-state index < -0.39 is 0 Å². The van der Waals surface area contributed by atoms with Crippen LogP contribution in [-0.4, -0.2) is 24.6 Å². The lowest BCUT2D eigenvalue weighted by Crippen LogP contribution is -2.42. The van der Waals surface area contributed by atoms with Crippen LogP contribution < -0.4 is 5.43 Å². The third-order valence-corrected chi connectivity index (χ3v) is 2.13. The van der Waals surface area contributed by atoms with Gasteiger partial charge in [0.1, 0.15) is 0 Å². The van der Waals surface area contributed by atoms with Crippen molar-refractivity contribution >= 4 is 0 Å². The number of hydrogen-bond donors (Lipinski definition) is 1. The Balaban J connectivity index is 0. The van der Waals surface area contributed by atoms with E-state index in [9.17, 15) is 0 Å². The molecular weight excluding hydrogens is 148 g/mol. The predicted octanol–water partition coefficient (Wildman–Crippen LogP) is 2.51. The molecule has 0 aliphatic carbocycles. The van der Waals surface area contributed by atoms with E-state index >= 15 is 0 Å². The molecule has 0 aromatic carbocycles. The highest BCUT2D eigenvalue weighted by molar-refractivity contribution is 4.64. The van der Waals surface area contributed by atoms with Gasteiger partial charge in [-0.2, -0.15) is 0 Å². The van der Waals surface area contributed by atoms with Gasteiger partial charge in [0.25, 0.3) is 0 Å². The van der Waals surface area contributed by atoms with Gasteiger partial charge in [0.05, 0.1) is 0 Å². The third-order valence-electron chi connectivity index (χ3n) is 2.13. The molecule has 0 saturated carbocycles. The molecule has 76 valence electrons. The van der Waals surface area contributed by atoms with Crippen molar-refractivity contribution in [1.29, 1.82) is 0 Å². The van der Waals surface area contributed by atoms with Gasteiger partial charge in [0.2, 0.25) is 0 Å². The average Bonchev–Trinajstić information content (AvgIpc) is 2.02. The van der Waals surface area contributed by atoms with Crippen LogP contribution in [0.3, 0.4) is 0 Å². The normalized spacial score (nSPS) is 14.2. The summed E-state index contributed by atoms with van der Waals surface area (Å²) in [7, 11) is 2.10. The second-order valence-corrected chi connectivity index (χ2v) is 3.88. The number of nitrogens with zero attached hydrogens (tertiary/aromatic N) is 1. The molecule has 0 radical (unpaired) electrons. The molecule has 0 saturated heterocycles. The molecule has 0 aliphatic rings. The van der Waals surface area contributed by atoms with E-state index in [4.69, 9.17) is 0 Å². The minimum Gasteiger partial charge on any atom is -0.252 e. The first-order valence-electron chi connectivity index (χ1n) is 5.07. The summed E-state index contributed by atoms with van der Waals surface area (Å²) in [5.74, 6) is 0.785. The number of nitrogens with one attached hydrogen (secondary N) is 1. The molecule has 0 fully saturated rings. The third kappa shape index (κ3) is 5.56. The van der Waals surface area contributed by atoms with Gasteiger partial charge < -0.3 is 0 Å². The van der Waals surface area contributed by atoms with Crippen LogP contribution in [0.5, 0.6) is 0 Å². The number of rotatable bonds is 6. The van der Waals surface area contributed by atoms with Crippen LogP contribution in [0.1, 0.15) is 42.0 Å². The Bertz CT molecular complexity index is 107. The number of hydrazine groups is 1. The highest BCUT2D eigenvalue weighted by atomic mass is 15.5. The Labute approximate surface area is 78.8 Å². The smallest absolute Gasteiger partial charge is 0.0215 e. The lowest BCUT2D eigenvalue weighted by Gasteiger charge is -2.25. The monoisotopic (exact) mass is 174 g/mol. The Morgan fingerprint density at radius 2 is 1.92 bits per heavy atom. The largest absolute Gasteiger partial charge is 0.252 e. The average molecular weight is 174 g/mol. The van der Waals surface area contributed by atoms with Crippen molar-refractivity contribution in [3.63, 3.8) is 0 Å². The summed E-state index contributed by atoms with van der Waals surface area (Å²) in [5, 5.41) is 2.16. The zero-order valence-electron chi connectivity index (χ0n) is 9.22. The van der Waals surface area contributed by atoms with E-state index in [0.29, 0.717) is 6.04 Å². The number of hydrogen-bond acceptors (Lipinski definition) is 2. The summed E-state index contributed by atoms with van der Waals surface area (Å²) < 4.78 is 0. The summed E-state index contributed by atoms with van der Waals surface area (Å²) in [5.41, 5.74) is 3.48. The SMILES string of the molecule is CC[C@H](CC(C)C)NN(C)CC.[HH]. The molecule has 0 aromatic heterocycles. The Hall–Kier alpha value is -0.0800. The van der Waals surface area contributed by atoms with E-state index in [-0.39, 0.29) is 1.43 Å². The molecular formula is C10H26N2. The molecule has 1 atom stereocenters. The van der Waals surface area contributed by atoms with Gasteiger partial charge in [-0.05, 0) is 18.8 Å². The van der Waals surface area contributed by atoms with Gasteiger partial charge in [0, 0.05) is 21.1 Å². The van der Waals surface area contributed by atoms with Crippen molar-refractivity contribution in [3.8, 4) is 0 Å². The Morgan fingerprint density at radius 3 is 2.25 bits per heavy atom. The molecule has 0 unspecified atom stereocenters. The summed E-state index contributed by atoms with van der Waals surface area (Å²) in [6, 6.07) is 0.648. The molecule has 1 N–H and O–H groups in total. The van der Waals surface area contributed by atoms with Gasteiger partial charge in [-0.25, -0.2) is 5.01 Å². The van der Waals surface area contributed by atoms with Crippen LogP contribution in [0.4, 0.5) is 0 Å². The molecule has 0 bridgehead atoms. The fourth-order valence-corrected chi connectivity index (χ4v) is 1.28. The minimum atomic E-state index is 0. The maximum Gasteiger partial charge on any atom is 0.0215 e. The zero-order chi connectivity index (χ0) is 9.56. The van der Waals surface area contributed by atoms with Gasteiger partial charge >= 0.3 is 0 Å². The molecule has 2 nitrogen and oxygen atoms in total. The van der Waals surface area contributed by atoms with Crippen molar-refractivity contribution in [2.45, 2.75) is 46.6 Å². The fourth-order valence-electron chi connectivity index (χ4n) is 1.28. The van der Waals surface area contributed by atoms with Crippen molar-refractivity contribution in [1.82, 2.24) is 10.4 Å². The predicted molar refractivity (Wildman–Crippen MR) is 57.1 cm³/mol. The van der Waals surface area contributed by atoms with Crippen LogP contribution in [0.25, 0.3) is 0 Å². The summed E-state index contributed by atoms with van der Waals surface area (Å²) in [6.45, 7) is 10.0. The van der Waals surface area contributed by atoms with Gasteiger partial charge in [-0.15, -0.1) is 0 Å². The molecule has 0 rings (SSSR count). The maximum absolute atomic E-state index is 3.48. The van der Waals surface area contributed by atoms with Crippen molar-refractivity contribution in [3.05, 3.63) is 0 Å². The maximum atomic E-state index is 3.48. The van der Waals surface area contributed by atoms with Gasteiger partial charge in [-0.1, -0.05) is 27.7 Å². The minimum absolute atomic E-state index is 0. The summed E-state index contributed by atoms with van der Waals surface area (Å²) in [4.78, 5) is 0. The molecule has 12 heavy (non-hydrogen) atoms. The summed E-state index contributed by atoms with van der Waals surface area (Å²) in [6.07, 6.45) is 2.48. The van der Waals surface area contributed by atoms with E-state index in [2.05, 4.69) is 45.2 Å². The molecule has 0 aliphatic heterocycles. The quantitative estimate of drug-likeness (QED) is 0.622. The second kappa shape index (κ2) is 6.44. The molecule has 2 heteroatoms. The van der Waals surface area contributed by atoms with Crippen LogP contribution >= 0.6 is 0 Å². The van der Waals surface area contributed by atoms with Crippen LogP contribution in [0.2, 0.25) is 0 Å². The molecule has 0 heterocycles. The van der Waals surface area contributed by atoms with Crippen molar-refractivity contribution in [2.75, 3.05) is 13.6 Å². The fraction of sp³-hybridized carbons (Fsp3) is 1.00. The Morgan fingerprint density at radius 1 is 1.33 bits per heavy atom. The lowest BCUT2D eigenvalue weighted by atomic mass is 10.0. The molecule has 0 aromatic rings. The first kappa shape index (κ1) is 11.9. The topological polar surface area (TPSA) is 15.3 Å². The van der Waals surface area contributed by atoms with E-state index in [1.165, 1.54) is 12.8 Å². The first-order valence-corrected chi connectivity index (χ1v) is 5.07. The summed E-state index contributed by atoms with van der Waals surface area (Å²) >= 11 is 0. The highest BCUT2D eigenvalue weighted by Gasteiger charge is 2.08. The zero-order valence-corrected chi connectivity index (χ0v) is 9.22. The van der Waals surface area contributed by atoms with Gasteiger partial charge in [0.15, 0.2) is 0 Å². The molecule has 0 spiro atoms. The van der Waals surface area contributed by atoms with E-state index in [0.717, 1.165) is 12.5 Å². The lowest BCUT2D eigenvalue weighted by molar-refractivity contribution is 0.189. The van der Waals surface area contributed by atoms with Crippen LogP contribution in [-0.2, 0) is 0 Å². The standard InChI is InChI=1S/C10H24N2.H2/c1-6-10(8-9(3)4)11-12(5)7-2;/h9-11H,6-8H2,1-5H3;1H/t10-;/m1./s1. The molecule has 0 amide bonds. The highest BCUT2D eigenvalue weighted by Crippen LogP contribution is 2.07. The van der Waals surface area contributed by atoms with Gasteiger partial charge in [-0.3, -0.25) is 5.43 Å². The Kier molecular flexibility index (Phi) is 6.39. The van der Waals surface area contributed by atoms with E-state index in [1.807, 2.05) is 0 Å². The van der Waals surface area contributed by atoms with Crippen LogP contribution in [0, 0.1) is 5.92 Å². The second-order valence-electron chi connectivity index (χ2n) is 3.88. The van der Waals surface area contributed by atoms with E-state index in [1.54, 1.807) is 0 Å².